The van der Waals surface area contributed by atoms with E-state index in [1.165, 1.54) is 82.5 Å². The van der Waals surface area contributed by atoms with Crippen LogP contribution < -0.4 is 4.90 Å². The van der Waals surface area contributed by atoms with Gasteiger partial charge >= 0.3 is 0 Å². The Morgan fingerprint density at radius 2 is 1.00 bits per heavy atom. The van der Waals surface area contributed by atoms with Crippen molar-refractivity contribution in [1.29, 1.82) is 0 Å². The van der Waals surface area contributed by atoms with E-state index in [0.717, 1.165) is 11.4 Å². The molecule has 0 saturated heterocycles. The third kappa shape index (κ3) is 4.70. The van der Waals surface area contributed by atoms with Crippen LogP contribution in [0.1, 0.15) is 25.0 Å². The van der Waals surface area contributed by atoms with Crippen molar-refractivity contribution in [3.63, 3.8) is 0 Å². The van der Waals surface area contributed by atoms with Crippen LogP contribution >= 0.6 is 0 Å². The molecule has 0 aromatic heterocycles. The summed E-state index contributed by atoms with van der Waals surface area (Å²) >= 11 is 0. The fraction of sp³-hybridized carbons (Fsp3) is 0.0588. The Labute approximate surface area is 305 Å². The second-order valence-corrected chi connectivity index (χ2v) is 14.5. The second kappa shape index (κ2) is 11.8. The third-order valence-electron chi connectivity index (χ3n) is 11.2. The summed E-state index contributed by atoms with van der Waals surface area (Å²) in [7, 11) is 0. The van der Waals surface area contributed by atoms with E-state index in [1.807, 2.05) is 0 Å². The first-order chi connectivity index (χ1) is 25.6. The Bertz CT molecular complexity index is 2810. The minimum atomic E-state index is -0.0931. The van der Waals surface area contributed by atoms with Gasteiger partial charge in [-0.3, -0.25) is 0 Å². The minimum Gasteiger partial charge on any atom is -0.309 e. The number of anilines is 3. The van der Waals surface area contributed by atoms with Crippen LogP contribution in [0.25, 0.3) is 65.7 Å². The molecule has 9 aromatic rings. The molecule has 52 heavy (non-hydrogen) atoms. The van der Waals surface area contributed by atoms with Crippen molar-refractivity contribution in [1.82, 2.24) is 0 Å². The zero-order valence-corrected chi connectivity index (χ0v) is 29.3. The highest BCUT2D eigenvalue weighted by molar-refractivity contribution is 6.20. The number of nitrogens with zero attached hydrogens (tertiary/aromatic N) is 1. The van der Waals surface area contributed by atoms with Gasteiger partial charge in [-0.2, -0.15) is 0 Å². The van der Waals surface area contributed by atoms with Crippen molar-refractivity contribution in [3.05, 3.63) is 199 Å². The summed E-state index contributed by atoms with van der Waals surface area (Å²) in [5.41, 5.74) is 13.6. The Kier molecular flexibility index (Phi) is 6.91. The summed E-state index contributed by atoms with van der Waals surface area (Å²) in [4.78, 5) is 2.47. The largest absolute Gasteiger partial charge is 0.309 e. The van der Waals surface area contributed by atoms with Gasteiger partial charge in [-0.05, 0) is 96.0 Å². The summed E-state index contributed by atoms with van der Waals surface area (Å²) in [6.45, 7) is 4.71. The number of benzene rings is 9. The molecular weight excluding hydrogens is 627 g/mol. The third-order valence-corrected chi connectivity index (χ3v) is 11.2. The van der Waals surface area contributed by atoms with Crippen LogP contribution in [-0.2, 0) is 5.41 Å². The molecule has 1 nitrogen and oxygen atoms in total. The van der Waals surface area contributed by atoms with Gasteiger partial charge in [-0.1, -0.05) is 172 Å². The number of para-hydroxylation sites is 1. The number of rotatable bonds is 5. The molecule has 246 valence electrons. The normalized spacial score (nSPS) is 13.0. The maximum Gasteiger partial charge on any atom is 0.0543 e. The van der Waals surface area contributed by atoms with Crippen LogP contribution in [0.5, 0.6) is 0 Å². The van der Waals surface area contributed by atoms with Gasteiger partial charge in [0, 0.05) is 22.2 Å². The van der Waals surface area contributed by atoms with Crippen molar-refractivity contribution in [2.45, 2.75) is 19.3 Å². The van der Waals surface area contributed by atoms with Crippen LogP contribution in [0.3, 0.4) is 0 Å². The van der Waals surface area contributed by atoms with Gasteiger partial charge in [-0.15, -0.1) is 0 Å². The zero-order valence-electron chi connectivity index (χ0n) is 29.3. The molecule has 0 radical (unpaired) electrons. The number of hydrogen-bond acceptors (Lipinski definition) is 1. The summed E-state index contributed by atoms with van der Waals surface area (Å²) < 4.78 is 0. The van der Waals surface area contributed by atoms with Crippen molar-refractivity contribution in [3.8, 4) is 33.4 Å². The Morgan fingerprint density at radius 3 is 1.85 bits per heavy atom. The van der Waals surface area contributed by atoms with Crippen molar-refractivity contribution < 1.29 is 0 Å². The Balaban J connectivity index is 1.14. The Morgan fingerprint density at radius 1 is 0.385 bits per heavy atom. The van der Waals surface area contributed by atoms with Gasteiger partial charge in [0.25, 0.3) is 0 Å². The first-order valence-corrected chi connectivity index (χ1v) is 18.2. The minimum absolute atomic E-state index is 0.0931. The molecular formula is C51H37N. The molecule has 0 amide bonds. The molecule has 0 saturated carbocycles. The Hall–Kier alpha value is -6.44. The molecule has 0 spiro atoms. The van der Waals surface area contributed by atoms with Crippen molar-refractivity contribution >= 4 is 49.4 Å². The fourth-order valence-corrected chi connectivity index (χ4v) is 8.68. The summed E-state index contributed by atoms with van der Waals surface area (Å²) in [6.07, 6.45) is 0. The van der Waals surface area contributed by atoms with Gasteiger partial charge in [-0.25, -0.2) is 0 Å². The maximum atomic E-state index is 2.47. The van der Waals surface area contributed by atoms with Gasteiger partial charge < -0.3 is 4.90 Å². The van der Waals surface area contributed by atoms with Crippen LogP contribution in [0.2, 0.25) is 0 Å². The van der Waals surface area contributed by atoms with Crippen molar-refractivity contribution in [2.75, 3.05) is 4.90 Å². The second-order valence-electron chi connectivity index (χ2n) is 14.5. The topological polar surface area (TPSA) is 3.24 Å². The lowest BCUT2D eigenvalue weighted by atomic mass is 9.82. The SMILES string of the molecule is CC1(C)c2ccccc2-c2c(N(c3ccc(-c4ccc5c(ccc6ccc7ccccc7c65)c4)cc3)c3ccccc3-c3ccccc3)cccc21. The molecule has 10 rings (SSSR count). The molecule has 0 N–H and O–H groups in total. The molecule has 0 bridgehead atoms. The summed E-state index contributed by atoms with van der Waals surface area (Å²) in [6, 6.07) is 69.1. The molecule has 1 aliphatic rings. The van der Waals surface area contributed by atoms with E-state index in [9.17, 15) is 0 Å². The highest BCUT2D eigenvalue weighted by Crippen LogP contribution is 2.55. The average Bonchev–Trinajstić information content (AvgIpc) is 3.44. The van der Waals surface area contributed by atoms with E-state index in [1.54, 1.807) is 0 Å². The lowest BCUT2D eigenvalue weighted by molar-refractivity contribution is 0.660. The van der Waals surface area contributed by atoms with E-state index >= 15 is 0 Å². The predicted octanol–water partition coefficient (Wildman–Crippen LogP) is 14.3. The van der Waals surface area contributed by atoms with E-state index in [2.05, 4.69) is 207 Å². The smallest absolute Gasteiger partial charge is 0.0543 e. The van der Waals surface area contributed by atoms with E-state index in [-0.39, 0.29) is 5.41 Å². The van der Waals surface area contributed by atoms with Gasteiger partial charge in [0.05, 0.1) is 11.4 Å². The van der Waals surface area contributed by atoms with Crippen LogP contribution in [0.4, 0.5) is 17.1 Å². The van der Waals surface area contributed by atoms with E-state index < -0.39 is 0 Å². The number of fused-ring (bicyclic) bond motifs is 8. The van der Waals surface area contributed by atoms with E-state index in [4.69, 9.17) is 0 Å². The zero-order chi connectivity index (χ0) is 34.8. The van der Waals surface area contributed by atoms with Gasteiger partial charge in [0.2, 0.25) is 0 Å². The standard InChI is InChI=1S/C51H37N/c1-51(2)45-19-10-8-18-44(45)50-46(51)20-12-22-48(50)52(47-21-11-9-16-41(47)35-13-4-3-5-14-35)40-30-27-34(28-31-40)38-29-32-43-39(33-38)26-25-37-24-23-36-15-6-7-17-42(36)49(37)43/h3-33H,1-2H3. The van der Waals surface area contributed by atoms with Crippen molar-refractivity contribution in [2.24, 2.45) is 0 Å². The van der Waals surface area contributed by atoms with Crippen LogP contribution in [0, 0.1) is 0 Å². The quantitative estimate of drug-likeness (QED) is 0.166. The van der Waals surface area contributed by atoms with Gasteiger partial charge in [0.1, 0.15) is 0 Å². The monoisotopic (exact) mass is 663 g/mol. The molecule has 0 fully saturated rings. The lowest BCUT2D eigenvalue weighted by Crippen LogP contribution is -2.16. The average molecular weight is 664 g/mol. The molecule has 1 aliphatic carbocycles. The lowest BCUT2D eigenvalue weighted by Gasteiger charge is -2.30. The molecule has 9 aromatic carbocycles. The molecule has 0 heterocycles. The van der Waals surface area contributed by atoms with Crippen LogP contribution in [-0.4, -0.2) is 0 Å². The molecule has 0 aliphatic heterocycles. The van der Waals surface area contributed by atoms with E-state index in [0.29, 0.717) is 0 Å². The van der Waals surface area contributed by atoms with Gasteiger partial charge in [0.15, 0.2) is 0 Å². The van der Waals surface area contributed by atoms with Crippen LogP contribution in [0.15, 0.2) is 188 Å². The molecule has 1 heteroatoms. The first-order valence-electron chi connectivity index (χ1n) is 18.2. The molecule has 0 unspecified atom stereocenters. The fourth-order valence-electron chi connectivity index (χ4n) is 8.68. The summed E-state index contributed by atoms with van der Waals surface area (Å²) in [5, 5.41) is 7.72. The first kappa shape index (κ1) is 30.4. The highest BCUT2D eigenvalue weighted by atomic mass is 15.1. The number of hydrogen-bond donors (Lipinski definition) is 0. The highest BCUT2D eigenvalue weighted by Gasteiger charge is 2.37. The summed E-state index contributed by atoms with van der Waals surface area (Å²) in [5.74, 6) is 0. The predicted molar refractivity (Wildman–Crippen MR) is 222 cm³/mol. The maximum absolute atomic E-state index is 2.47. The molecule has 0 atom stereocenters.